The van der Waals surface area contributed by atoms with Gasteiger partial charge in [-0.05, 0) is 44.9 Å². The molecule has 0 aromatic carbocycles. The van der Waals surface area contributed by atoms with Crippen LogP contribution in [0.25, 0.3) is 0 Å². The van der Waals surface area contributed by atoms with E-state index in [-0.39, 0.29) is 30.5 Å². The molecule has 0 bridgehead atoms. The molecular weight excluding hydrogens is 781 g/mol. The first kappa shape index (κ1) is 61.9. The number of carbonyl (C=O) groups is 2. The third-order valence-electron chi connectivity index (χ3n) is 13.4. The zero-order chi connectivity index (χ0) is 46.1. The molecule has 63 heavy (non-hydrogen) atoms. The highest BCUT2D eigenvalue weighted by molar-refractivity contribution is 5.87. The second-order valence-corrected chi connectivity index (χ2v) is 19.7. The van der Waals surface area contributed by atoms with Gasteiger partial charge in [-0.15, -0.1) is 0 Å². The average molecular weight is 892 g/mol. The molecule has 0 rings (SSSR count). The minimum atomic E-state index is -1.48. The van der Waals surface area contributed by atoms with E-state index in [4.69, 9.17) is 4.74 Å². The Morgan fingerprint density at radius 1 is 0.381 bits per heavy atom. The number of aliphatic hydroxyl groups is 3. The van der Waals surface area contributed by atoms with Gasteiger partial charge in [-0.2, -0.15) is 0 Å². The van der Waals surface area contributed by atoms with Crippen molar-refractivity contribution in [1.29, 1.82) is 0 Å². The van der Waals surface area contributed by atoms with Crippen LogP contribution in [-0.2, 0) is 14.3 Å². The highest BCUT2D eigenvalue weighted by atomic mass is 16.5. The van der Waals surface area contributed by atoms with E-state index in [9.17, 15) is 24.9 Å². The Balaban J connectivity index is 4.52. The van der Waals surface area contributed by atoms with Crippen LogP contribution in [0.4, 0.5) is 0 Å². The second kappa shape index (κ2) is 50.3. The highest BCUT2D eigenvalue weighted by Gasteiger charge is 2.36. The maximum absolute atomic E-state index is 13.2. The Hall–Kier alpha value is -1.08. The van der Waals surface area contributed by atoms with Gasteiger partial charge in [0.05, 0.1) is 6.10 Å². The lowest BCUT2D eigenvalue weighted by Gasteiger charge is -2.26. The summed E-state index contributed by atoms with van der Waals surface area (Å²) in [5.74, 6) is -0.631. The predicted octanol–water partition coefficient (Wildman–Crippen LogP) is 16.8. The number of aliphatic hydroxyl groups excluding tert-OH is 3. The standard InChI is InChI=1S/C57H110O6/c1-4-7-10-13-15-17-19-21-23-25-27-31-35-39-44-49-53(59)55(61)57(63-51-46-41-37-33-29-30-34-38-43-48-52(58)47-42-12-9-6-3)56(62)54(60)50-45-40-36-32-28-26-24-22-20-18-16-14-11-8-5-2/h38,43,52,55-58,61-62H,4-37,39-42,44-51H2,1-3H3/b43-38-/t52-,55?,56?,57?/m1/s1. The molecule has 0 saturated heterocycles. The molecular formula is C57H110O6. The summed E-state index contributed by atoms with van der Waals surface area (Å²) in [5.41, 5.74) is 0. The van der Waals surface area contributed by atoms with Crippen molar-refractivity contribution >= 4 is 11.6 Å². The Bertz CT molecular complexity index is 914. The number of ether oxygens (including phenoxy) is 1. The van der Waals surface area contributed by atoms with E-state index in [2.05, 4.69) is 32.9 Å². The van der Waals surface area contributed by atoms with Crippen LogP contribution in [0.5, 0.6) is 0 Å². The van der Waals surface area contributed by atoms with Crippen LogP contribution in [-0.4, -0.2) is 57.9 Å². The number of Topliss-reactive ketones (excluding diaryl/α,β-unsaturated/α-hetero) is 2. The van der Waals surface area contributed by atoms with Gasteiger partial charge in [-0.1, -0.05) is 264 Å². The fourth-order valence-corrected chi connectivity index (χ4v) is 8.94. The minimum absolute atomic E-state index is 0.212. The fraction of sp³-hybridized carbons (Fsp3) is 0.930. The van der Waals surface area contributed by atoms with Crippen molar-refractivity contribution in [3.05, 3.63) is 12.2 Å². The number of hydrogen-bond donors (Lipinski definition) is 3. The number of hydrogen-bond acceptors (Lipinski definition) is 6. The third-order valence-corrected chi connectivity index (χ3v) is 13.4. The summed E-state index contributed by atoms with van der Waals surface area (Å²) in [4.78, 5) is 26.4. The van der Waals surface area contributed by atoms with Crippen molar-refractivity contribution in [2.24, 2.45) is 0 Å². The van der Waals surface area contributed by atoms with Crippen LogP contribution in [0.15, 0.2) is 12.2 Å². The van der Waals surface area contributed by atoms with Gasteiger partial charge < -0.3 is 20.1 Å². The van der Waals surface area contributed by atoms with Gasteiger partial charge in [0.25, 0.3) is 0 Å². The maximum atomic E-state index is 13.2. The number of carbonyl (C=O) groups excluding carboxylic acids is 2. The lowest BCUT2D eigenvalue weighted by Crippen LogP contribution is -2.47. The van der Waals surface area contributed by atoms with E-state index in [0.717, 1.165) is 103 Å². The molecule has 0 amide bonds. The maximum Gasteiger partial charge on any atom is 0.164 e. The summed E-state index contributed by atoms with van der Waals surface area (Å²) < 4.78 is 6.02. The van der Waals surface area contributed by atoms with Gasteiger partial charge in [-0.3, -0.25) is 9.59 Å². The van der Waals surface area contributed by atoms with E-state index in [1.807, 2.05) is 0 Å². The monoisotopic (exact) mass is 891 g/mol. The Labute approximate surface area is 392 Å². The molecule has 0 aliphatic rings. The lowest BCUT2D eigenvalue weighted by molar-refractivity contribution is -0.154. The van der Waals surface area contributed by atoms with Gasteiger partial charge in [0.2, 0.25) is 0 Å². The highest BCUT2D eigenvalue weighted by Crippen LogP contribution is 2.19. The van der Waals surface area contributed by atoms with E-state index < -0.39 is 18.3 Å². The summed E-state index contributed by atoms with van der Waals surface area (Å²) in [7, 11) is 0. The molecule has 374 valence electrons. The summed E-state index contributed by atoms with van der Waals surface area (Å²) in [5, 5.41) is 32.5. The van der Waals surface area contributed by atoms with E-state index in [1.165, 1.54) is 173 Å². The fourth-order valence-electron chi connectivity index (χ4n) is 8.94. The molecule has 0 aliphatic carbocycles. The SMILES string of the molecule is CCCCCCCCCCCCCCCCCC(=O)C(O)C(OCCCCCCCC/C=C\C[C@H](O)CCCCCC)C(O)C(=O)CCCCCCCCCCCCCCCCC. The topological polar surface area (TPSA) is 104 Å². The number of unbranched alkanes of at least 4 members (excludes halogenated alkanes) is 37. The minimum Gasteiger partial charge on any atom is -0.393 e. The normalized spacial score (nSPS) is 13.8. The molecule has 6 nitrogen and oxygen atoms in total. The zero-order valence-corrected chi connectivity index (χ0v) is 42.6. The predicted molar refractivity (Wildman–Crippen MR) is 272 cm³/mol. The molecule has 0 saturated carbocycles. The lowest BCUT2D eigenvalue weighted by atomic mass is 9.95. The molecule has 0 aromatic heterocycles. The van der Waals surface area contributed by atoms with Gasteiger partial charge in [0.15, 0.2) is 11.6 Å². The smallest absolute Gasteiger partial charge is 0.164 e. The summed E-state index contributed by atoms with van der Waals surface area (Å²) in [6.07, 6.45) is 51.9. The number of rotatable bonds is 53. The quantitative estimate of drug-likeness (QED) is 0.0415. The van der Waals surface area contributed by atoms with Crippen molar-refractivity contribution in [3.63, 3.8) is 0 Å². The zero-order valence-electron chi connectivity index (χ0n) is 42.6. The van der Waals surface area contributed by atoms with Crippen LogP contribution in [0.3, 0.4) is 0 Å². The first-order chi connectivity index (χ1) is 30.9. The Morgan fingerprint density at radius 2 is 0.683 bits per heavy atom. The van der Waals surface area contributed by atoms with E-state index in [0.29, 0.717) is 6.61 Å². The molecule has 3 N–H and O–H groups in total. The van der Waals surface area contributed by atoms with Crippen molar-refractivity contribution in [2.45, 2.75) is 334 Å². The number of allylic oxidation sites excluding steroid dienone is 1. The molecule has 0 spiro atoms. The molecule has 3 atom stereocenters. The van der Waals surface area contributed by atoms with Crippen LogP contribution >= 0.6 is 0 Å². The largest absolute Gasteiger partial charge is 0.393 e. The van der Waals surface area contributed by atoms with Crippen molar-refractivity contribution in [3.8, 4) is 0 Å². The van der Waals surface area contributed by atoms with E-state index in [1.54, 1.807) is 0 Å². The molecule has 0 heterocycles. The Kier molecular flexibility index (Phi) is 49.5. The third kappa shape index (κ3) is 43.3. The average Bonchev–Trinajstić information content (AvgIpc) is 3.28. The van der Waals surface area contributed by atoms with Crippen LogP contribution in [0, 0.1) is 0 Å². The molecule has 6 heteroatoms. The summed E-state index contributed by atoms with van der Waals surface area (Å²) >= 11 is 0. The number of ketones is 2. The van der Waals surface area contributed by atoms with Gasteiger partial charge in [-0.25, -0.2) is 0 Å². The van der Waals surface area contributed by atoms with Gasteiger partial charge in [0.1, 0.15) is 18.3 Å². The summed E-state index contributed by atoms with van der Waals surface area (Å²) in [6, 6.07) is 0. The van der Waals surface area contributed by atoms with Gasteiger partial charge >= 0.3 is 0 Å². The molecule has 0 aromatic rings. The van der Waals surface area contributed by atoms with Crippen LogP contribution in [0.1, 0.15) is 310 Å². The van der Waals surface area contributed by atoms with Crippen LogP contribution in [0.2, 0.25) is 0 Å². The molecule has 0 aliphatic heterocycles. The van der Waals surface area contributed by atoms with Crippen molar-refractivity contribution < 1.29 is 29.6 Å². The summed E-state index contributed by atoms with van der Waals surface area (Å²) in [6.45, 7) is 7.07. The molecule has 0 fully saturated rings. The second-order valence-electron chi connectivity index (χ2n) is 19.7. The van der Waals surface area contributed by atoms with Crippen LogP contribution < -0.4 is 0 Å². The Morgan fingerprint density at radius 3 is 1.05 bits per heavy atom. The van der Waals surface area contributed by atoms with E-state index >= 15 is 0 Å². The molecule has 0 radical (unpaired) electrons. The first-order valence-corrected chi connectivity index (χ1v) is 28.2. The van der Waals surface area contributed by atoms with Gasteiger partial charge in [0, 0.05) is 19.4 Å². The molecule has 2 unspecified atom stereocenters. The van der Waals surface area contributed by atoms with Crippen molar-refractivity contribution in [1.82, 2.24) is 0 Å². The first-order valence-electron chi connectivity index (χ1n) is 28.2. The van der Waals surface area contributed by atoms with Crippen molar-refractivity contribution in [2.75, 3.05) is 6.61 Å².